The van der Waals surface area contributed by atoms with E-state index >= 15 is 0 Å². The summed E-state index contributed by atoms with van der Waals surface area (Å²) in [6.45, 7) is 8.69. The Balaban J connectivity index is 1.94. The zero-order chi connectivity index (χ0) is 13.2. The van der Waals surface area contributed by atoms with E-state index in [-0.39, 0.29) is 0 Å². The average Bonchev–Trinajstić information content (AvgIpc) is 2.33. The van der Waals surface area contributed by atoms with Crippen molar-refractivity contribution in [2.45, 2.75) is 64.7 Å². The van der Waals surface area contributed by atoms with E-state index in [4.69, 9.17) is 9.47 Å². The molecule has 3 heteroatoms. The zero-order valence-corrected chi connectivity index (χ0v) is 12.4. The van der Waals surface area contributed by atoms with E-state index in [0.717, 1.165) is 19.1 Å². The molecule has 2 fully saturated rings. The van der Waals surface area contributed by atoms with Crippen molar-refractivity contribution >= 4 is 0 Å². The lowest BCUT2D eigenvalue weighted by Crippen LogP contribution is -2.50. The van der Waals surface area contributed by atoms with Gasteiger partial charge in [-0.15, -0.1) is 0 Å². The van der Waals surface area contributed by atoms with E-state index in [1.165, 1.54) is 25.7 Å². The largest absolute Gasteiger partial charge is 0.376 e. The first kappa shape index (κ1) is 14.3. The lowest BCUT2D eigenvalue weighted by molar-refractivity contribution is -0.172. The van der Waals surface area contributed by atoms with E-state index in [0.29, 0.717) is 23.7 Å². The van der Waals surface area contributed by atoms with Crippen LogP contribution in [0.4, 0.5) is 0 Å². The van der Waals surface area contributed by atoms with Crippen molar-refractivity contribution in [2.24, 2.45) is 11.3 Å². The van der Waals surface area contributed by atoms with Crippen LogP contribution < -0.4 is 5.32 Å². The van der Waals surface area contributed by atoms with Gasteiger partial charge < -0.3 is 14.8 Å². The summed E-state index contributed by atoms with van der Waals surface area (Å²) in [6, 6.07) is 0.523. The predicted molar refractivity (Wildman–Crippen MR) is 73.7 cm³/mol. The third-order valence-corrected chi connectivity index (χ3v) is 5.15. The molecule has 2 aliphatic rings. The van der Waals surface area contributed by atoms with Crippen LogP contribution in [0.1, 0.15) is 46.5 Å². The molecule has 0 amide bonds. The highest BCUT2D eigenvalue weighted by Gasteiger charge is 2.38. The fourth-order valence-corrected chi connectivity index (χ4v) is 3.15. The van der Waals surface area contributed by atoms with Crippen LogP contribution in [0.25, 0.3) is 0 Å². The Kier molecular flexibility index (Phi) is 4.68. The summed E-state index contributed by atoms with van der Waals surface area (Å²) >= 11 is 0. The zero-order valence-electron chi connectivity index (χ0n) is 12.4. The summed E-state index contributed by atoms with van der Waals surface area (Å²) in [5, 5.41) is 3.43. The standard InChI is InChI=1S/C15H29NO2/c1-5-15(2,3)11-6-7-13(16-4)14(8-11)18-12-9-17-10-12/h11-14,16H,5-10H2,1-4H3. The second kappa shape index (κ2) is 5.89. The van der Waals surface area contributed by atoms with Crippen molar-refractivity contribution in [1.29, 1.82) is 0 Å². The quantitative estimate of drug-likeness (QED) is 0.819. The first-order chi connectivity index (χ1) is 8.56. The maximum Gasteiger partial charge on any atom is 0.105 e. The van der Waals surface area contributed by atoms with Gasteiger partial charge >= 0.3 is 0 Å². The Morgan fingerprint density at radius 3 is 2.50 bits per heavy atom. The van der Waals surface area contributed by atoms with Gasteiger partial charge in [-0.1, -0.05) is 27.2 Å². The van der Waals surface area contributed by atoms with Crippen LogP contribution in [0.3, 0.4) is 0 Å². The number of rotatable bonds is 5. The molecule has 0 spiro atoms. The lowest BCUT2D eigenvalue weighted by Gasteiger charge is -2.44. The van der Waals surface area contributed by atoms with Gasteiger partial charge in [-0.05, 0) is 37.6 Å². The summed E-state index contributed by atoms with van der Waals surface area (Å²) in [4.78, 5) is 0. The van der Waals surface area contributed by atoms with Crippen molar-refractivity contribution < 1.29 is 9.47 Å². The second-order valence-electron chi connectivity index (χ2n) is 6.58. The van der Waals surface area contributed by atoms with Crippen molar-refractivity contribution in [3.63, 3.8) is 0 Å². The van der Waals surface area contributed by atoms with Crippen molar-refractivity contribution in [3.8, 4) is 0 Å². The Morgan fingerprint density at radius 2 is 2.00 bits per heavy atom. The molecule has 1 saturated carbocycles. The minimum absolute atomic E-state index is 0.342. The SMILES string of the molecule is CCC(C)(C)C1CCC(NC)C(OC2COC2)C1. The van der Waals surface area contributed by atoms with Crippen LogP contribution in [-0.4, -0.2) is 38.5 Å². The molecule has 2 rings (SSSR count). The van der Waals surface area contributed by atoms with Gasteiger partial charge in [0.05, 0.1) is 19.3 Å². The van der Waals surface area contributed by atoms with Crippen molar-refractivity contribution in [3.05, 3.63) is 0 Å². The molecule has 1 N–H and O–H groups in total. The number of hydrogen-bond acceptors (Lipinski definition) is 3. The van der Waals surface area contributed by atoms with E-state index in [1.54, 1.807) is 0 Å². The second-order valence-corrected chi connectivity index (χ2v) is 6.58. The summed E-state index contributed by atoms with van der Waals surface area (Å²) in [5.41, 5.74) is 0.441. The molecular formula is C15H29NO2. The molecule has 1 aliphatic heterocycles. The number of likely N-dealkylation sites (N-methyl/N-ethyl adjacent to an activating group) is 1. The highest BCUT2D eigenvalue weighted by Crippen LogP contribution is 2.41. The van der Waals surface area contributed by atoms with Gasteiger partial charge in [-0.3, -0.25) is 0 Å². The highest BCUT2D eigenvalue weighted by atomic mass is 16.6. The third-order valence-electron chi connectivity index (χ3n) is 5.15. The Bertz CT molecular complexity index is 263. The molecule has 0 radical (unpaired) electrons. The van der Waals surface area contributed by atoms with Gasteiger partial charge in [0.2, 0.25) is 0 Å². The minimum atomic E-state index is 0.342. The number of nitrogens with one attached hydrogen (secondary N) is 1. The first-order valence-electron chi connectivity index (χ1n) is 7.47. The average molecular weight is 255 g/mol. The highest BCUT2D eigenvalue weighted by molar-refractivity contribution is 4.91. The van der Waals surface area contributed by atoms with Gasteiger partial charge in [0.1, 0.15) is 6.10 Å². The first-order valence-corrected chi connectivity index (χ1v) is 7.47. The Hall–Kier alpha value is -0.120. The van der Waals surface area contributed by atoms with Gasteiger partial charge in [0, 0.05) is 6.04 Å². The van der Waals surface area contributed by atoms with Crippen LogP contribution in [0, 0.1) is 11.3 Å². The Labute approximate surface area is 112 Å². The molecule has 1 saturated heterocycles. The van der Waals surface area contributed by atoms with E-state index < -0.39 is 0 Å². The van der Waals surface area contributed by atoms with Crippen LogP contribution in [0.2, 0.25) is 0 Å². The third kappa shape index (κ3) is 3.06. The number of ether oxygens (including phenoxy) is 2. The molecule has 0 bridgehead atoms. The summed E-state index contributed by atoms with van der Waals surface area (Å²) in [7, 11) is 2.06. The van der Waals surface area contributed by atoms with Gasteiger partial charge in [-0.2, -0.15) is 0 Å². The van der Waals surface area contributed by atoms with Gasteiger partial charge in [0.25, 0.3) is 0 Å². The number of hydrogen-bond donors (Lipinski definition) is 1. The predicted octanol–water partition coefficient (Wildman–Crippen LogP) is 2.59. The normalized spacial score (nSPS) is 34.3. The van der Waals surface area contributed by atoms with Crippen LogP contribution in [-0.2, 0) is 9.47 Å². The van der Waals surface area contributed by atoms with Crippen LogP contribution in [0.15, 0.2) is 0 Å². The van der Waals surface area contributed by atoms with Crippen LogP contribution >= 0.6 is 0 Å². The summed E-state index contributed by atoms with van der Waals surface area (Å²) < 4.78 is 11.4. The van der Waals surface area contributed by atoms with E-state index in [1.807, 2.05) is 0 Å². The Morgan fingerprint density at radius 1 is 1.28 bits per heavy atom. The molecule has 106 valence electrons. The fourth-order valence-electron chi connectivity index (χ4n) is 3.15. The van der Waals surface area contributed by atoms with Crippen molar-refractivity contribution in [2.75, 3.05) is 20.3 Å². The molecule has 3 nitrogen and oxygen atoms in total. The summed E-state index contributed by atoms with van der Waals surface area (Å²) in [6.07, 6.45) is 5.73. The maximum absolute atomic E-state index is 6.21. The molecule has 0 aromatic carbocycles. The van der Waals surface area contributed by atoms with Gasteiger partial charge in [-0.25, -0.2) is 0 Å². The summed E-state index contributed by atoms with van der Waals surface area (Å²) in [5.74, 6) is 0.790. The molecule has 0 aromatic heterocycles. The van der Waals surface area contributed by atoms with Crippen LogP contribution in [0.5, 0.6) is 0 Å². The fraction of sp³-hybridized carbons (Fsp3) is 1.00. The molecule has 3 unspecified atom stereocenters. The lowest BCUT2D eigenvalue weighted by atomic mass is 9.68. The van der Waals surface area contributed by atoms with E-state index in [2.05, 4.69) is 33.1 Å². The molecule has 1 aliphatic carbocycles. The minimum Gasteiger partial charge on any atom is -0.376 e. The molecule has 3 atom stereocenters. The smallest absolute Gasteiger partial charge is 0.105 e. The topological polar surface area (TPSA) is 30.5 Å². The molecular weight excluding hydrogens is 226 g/mol. The molecule has 18 heavy (non-hydrogen) atoms. The maximum atomic E-state index is 6.21. The van der Waals surface area contributed by atoms with Crippen molar-refractivity contribution in [1.82, 2.24) is 5.32 Å². The van der Waals surface area contributed by atoms with E-state index in [9.17, 15) is 0 Å². The monoisotopic (exact) mass is 255 g/mol. The van der Waals surface area contributed by atoms with Gasteiger partial charge in [0.15, 0.2) is 0 Å². The molecule has 0 aromatic rings. The molecule has 1 heterocycles.